The summed E-state index contributed by atoms with van der Waals surface area (Å²) in [6.07, 6.45) is 3.47. The molecule has 0 bridgehead atoms. The SMILES string of the molecule is COCc1cccc(NC(=O)c2ccc(NC(=O)CC3SC(N4CCCCC4)=NC3=O)cc2)c1. The van der Waals surface area contributed by atoms with Crippen LogP contribution in [0.5, 0.6) is 0 Å². The van der Waals surface area contributed by atoms with Crippen LogP contribution in [0.3, 0.4) is 0 Å². The molecule has 2 aliphatic heterocycles. The highest BCUT2D eigenvalue weighted by atomic mass is 32.2. The Bertz CT molecular complexity index is 1080. The normalized spacial score (nSPS) is 17.9. The standard InChI is InChI=1S/C25H28N4O4S/c1-33-16-17-6-5-7-20(14-17)27-23(31)18-8-10-19(11-9-18)26-22(30)15-21-24(32)28-25(34-21)29-12-3-2-4-13-29/h5-11,14,21H,2-4,12-13,15-16H2,1H3,(H,26,30)(H,27,31). The largest absolute Gasteiger partial charge is 0.380 e. The molecule has 0 spiro atoms. The number of benzene rings is 2. The third-order valence-electron chi connectivity index (χ3n) is 5.65. The first kappa shape index (κ1) is 24.0. The molecule has 1 atom stereocenters. The summed E-state index contributed by atoms with van der Waals surface area (Å²) in [4.78, 5) is 43.7. The van der Waals surface area contributed by atoms with E-state index in [-0.39, 0.29) is 24.1 Å². The van der Waals surface area contributed by atoms with Crippen molar-refractivity contribution < 1.29 is 19.1 Å². The first-order valence-corrected chi connectivity index (χ1v) is 12.2. The molecular weight excluding hydrogens is 452 g/mol. The lowest BCUT2D eigenvalue weighted by atomic mass is 10.1. The second-order valence-electron chi connectivity index (χ2n) is 8.30. The van der Waals surface area contributed by atoms with Crippen molar-refractivity contribution in [2.24, 2.45) is 4.99 Å². The van der Waals surface area contributed by atoms with Crippen molar-refractivity contribution in [1.82, 2.24) is 4.90 Å². The lowest BCUT2D eigenvalue weighted by Gasteiger charge is -2.27. The van der Waals surface area contributed by atoms with Gasteiger partial charge in [-0.2, -0.15) is 4.99 Å². The minimum absolute atomic E-state index is 0.0599. The number of hydrogen-bond acceptors (Lipinski definition) is 6. The number of amides is 3. The summed E-state index contributed by atoms with van der Waals surface area (Å²) >= 11 is 1.38. The van der Waals surface area contributed by atoms with Crippen molar-refractivity contribution in [2.75, 3.05) is 30.8 Å². The van der Waals surface area contributed by atoms with Gasteiger partial charge in [-0.05, 0) is 61.2 Å². The number of aliphatic imine (C=N–C) groups is 1. The Kier molecular flexibility index (Phi) is 7.97. The number of thioether (sulfide) groups is 1. The van der Waals surface area contributed by atoms with Gasteiger partial charge in [-0.1, -0.05) is 23.9 Å². The topological polar surface area (TPSA) is 100 Å². The highest BCUT2D eigenvalue weighted by Crippen LogP contribution is 2.29. The van der Waals surface area contributed by atoms with Gasteiger partial charge in [0, 0.05) is 43.6 Å². The Balaban J connectivity index is 1.28. The Labute approximate surface area is 203 Å². The number of amidine groups is 1. The monoisotopic (exact) mass is 480 g/mol. The molecule has 2 aromatic carbocycles. The van der Waals surface area contributed by atoms with Crippen LogP contribution in [0.15, 0.2) is 53.5 Å². The Morgan fingerprint density at radius 2 is 1.82 bits per heavy atom. The van der Waals surface area contributed by atoms with Gasteiger partial charge in [0.1, 0.15) is 5.25 Å². The van der Waals surface area contributed by atoms with E-state index in [1.165, 1.54) is 18.2 Å². The predicted molar refractivity (Wildman–Crippen MR) is 134 cm³/mol. The molecule has 1 fully saturated rings. The molecule has 4 rings (SSSR count). The van der Waals surface area contributed by atoms with Gasteiger partial charge in [0.05, 0.1) is 6.61 Å². The lowest BCUT2D eigenvalue weighted by Crippen LogP contribution is -2.33. The smallest absolute Gasteiger partial charge is 0.262 e. The Hall–Kier alpha value is -3.17. The molecule has 34 heavy (non-hydrogen) atoms. The molecule has 0 aliphatic carbocycles. The van der Waals surface area contributed by atoms with E-state index in [1.54, 1.807) is 31.4 Å². The van der Waals surface area contributed by atoms with Gasteiger partial charge in [-0.3, -0.25) is 14.4 Å². The second-order valence-corrected chi connectivity index (χ2v) is 9.47. The molecule has 2 N–H and O–H groups in total. The highest BCUT2D eigenvalue weighted by molar-refractivity contribution is 8.15. The molecule has 2 aliphatic rings. The minimum Gasteiger partial charge on any atom is -0.380 e. The van der Waals surface area contributed by atoms with Crippen molar-refractivity contribution in [3.8, 4) is 0 Å². The molecule has 2 heterocycles. The van der Waals surface area contributed by atoms with Gasteiger partial charge >= 0.3 is 0 Å². The number of anilines is 2. The van der Waals surface area contributed by atoms with Crippen molar-refractivity contribution in [3.63, 3.8) is 0 Å². The summed E-state index contributed by atoms with van der Waals surface area (Å²) in [5, 5.41) is 5.92. The van der Waals surface area contributed by atoms with Gasteiger partial charge in [0.2, 0.25) is 5.91 Å². The molecule has 3 amide bonds. The first-order chi connectivity index (χ1) is 16.5. The molecule has 0 radical (unpaired) electrons. The van der Waals surface area contributed by atoms with Crippen LogP contribution in [-0.2, 0) is 20.9 Å². The zero-order valence-corrected chi connectivity index (χ0v) is 19.9. The summed E-state index contributed by atoms with van der Waals surface area (Å²) < 4.78 is 5.12. The van der Waals surface area contributed by atoms with E-state index in [4.69, 9.17) is 4.74 Å². The van der Waals surface area contributed by atoms with Crippen LogP contribution in [0.2, 0.25) is 0 Å². The number of nitrogens with one attached hydrogen (secondary N) is 2. The third kappa shape index (κ3) is 6.24. The zero-order chi connectivity index (χ0) is 23.9. The van der Waals surface area contributed by atoms with Crippen LogP contribution in [0.4, 0.5) is 11.4 Å². The fourth-order valence-corrected chi connectivity index (χ4v) is 5.04. The van der Waals surface area contributed by atoms with Gasteiger partial charge in [0.15, 0.2) is 5.17 Å². The van der Waals surface area contributed by atoms with Crippen LogP contribution in [0, 0.1) is 0 Å². The van der Waals surface area contributed by atoms with Crippen molar-refractivity contribution in [1.29, 1.82) is 0 Å². The molecule has 0 aromatic heterocycles. The third-order valence-corrected chi connectivity index (χ3v) is 6.87. The molecule has 178 valence electrons. The first-order valence-electron chi connectivity index (χ1n) is 11.3. The summed E-state index contributed by atoms with van der Waals surface area (Å²) in [5.74, 6) is -0.752. The van der Waals surface area contributed by atoms with Gasteiger partial charge < -0.3 is 20.3 Å². The number of methoxy groups -OCH3 is 1. The van der Waals surface area contributed by atoms with Gasteiger partial charge in [0.25, 0.3) is 11.8 Å². The number of ether oxygens (including phenoxy) is 1. The molecular formula is C25H28N4O4S. The molecule has 9 heteroatoms. The maximum absolute atomic E-state index is 12.6. The van der Waals surface area contributed by atoms with E-state index in [2.05, 4.69) is 20.5 Å². The van der Waals surface area contributed by atoms with Crippen LogP contribution < -0.4 is 10.6 Å². The second kappa shape index (κ2) is 11.3. The van der Waals surface area contributed by atoms with Crippen LogP contribution in [0.25, 0.3) is 0 Å². The fraction of sp³-hybridized carbons (Fsp3) is 0.360. The number of likely N-dealkylation sites (tertiary alicyclic amines) is 1. The minimum atomic E-state index is -0.490. The van der Waals surface area contributed by atoms with E-state index < -0.39 is 5.25 Å². The summed E-state index contributed by atoms with van der Waals surface area (Å²) in [5.41, 5.74) is 2.68. The average molecular weight is 481 g/mol. The van der Waals surface area contributed by atoms with E-state index in [0.717, 1.165) is 36.7 Å². The van der Waals surface area contributed by atoms with Crippen molar-refractivity contribution in [2.45, 2.75) is 37.5 Å². The molecule has 1 unspecified atom stereocenters. The van der Waals surface area contributed by atoms with E-state index in [0.29, 0.717) is 23.5 Å². The summed E-state index contributed by atoms with van der Waals surface area (Å²) in [7, 11) is 1.62. The van der Waals surface area contributed by atoms with Crippen LogP contribution in [0.1, 0.15) is 41.6 Å². The number of carbonyl (C=O) groups excluding carboxylic acids is 3. The maximum atomic E-state index is 12.6. The van der Waals surface area contributed by atoms with Crippen LogP contribution in [-0.4, -0.2) is 53.2 Å². The Morgan fingerprint density at radius 1 is 1.06 bits per heavy atom. The number of hydrogen-bond donors (Lipinski definition) is 2. The number of rotatable bonds is 7. The Morgan fingerprint density at radius 3 is 2.56 bits per heavy atom. The van der Waals surface area contributed by atoms with Crippen molar-refractivity contribution >= 4 is 46.0 Å². The summed E-state index contributed by atoms with van der Waals surface area (Å²) in [6.45, 7) is 2.29. The number of piperidine rings is 1. The zero-order valence-electron chi connectivity index (χ0n) is 19.1. The number of carbonyl (C=O) groups is 3. The molecule has 0 saturated carbocycles. The predicted octanol–water partition coefficient (Wildman–Crippen LogP) is 3.90. The van der Waals surface area contributed by atoms with E-state index in [9.17, 15) is 14.4 Å². The molecule has 8 nitrogen and oxygen atoms in total. The van der Waals surface area contributed by atoms with Gasteiger partial charge in [-0.25, -0.2) is 0 Å². The van der Waals surface area contributed by atoms with Gasteiger partial charge in [-0.15, -0.1) is 0 Å². The van der Waals surface area contributed by atoms with E-state index >= 15 is 0 Å². The van der Waals surface area contributed by atoms with E-state index in [1.807, 2.05) is 24.3 Å². The average Bonchev–Trinajstić information content (AvgIpc) is 3.20. The number of nitrogens with zero attached hydrogens (tertiary/aromatic N) is 2. The summed E-state index contributed by atoms with van der Waals surface area (Å²) in [6, 6.07) is 14.1. The highest BCUT2D eigenvalue weighted by Gasteiger charge is 2.33. The van der Waals surface area contributed by atoms with Crippen molar-refractivity contribution in [3.05, 3.63) is 59.7 Å². The molecule has 1 saturated heterocycles. The maximum Gasteiger partial charge on any atom is 0.262 e. The molecule has 2 aromatic rings. The lowest BCUT2D eigenvalue weighted by molar-refractivity contribution is -0.121. The fourth-order valence-electron chi connectivity index (χ4n) is 3.92. The van der Waals surface area contributed by atoms with Crippen LogP contribution >= 0.6 is 11.8 Å². The quantitative estimate of drug-likeness (QED) is 0.624.